The predicted molar refractivity (Wildman–Crippen MR) is 76.6 cm³/mol. The summed E-state index contributed by atoms with van der Waals surface area (Å²) in [5, 5.41) is 14.5. The molecule has 2 fully saturated rings. The second-order valence-electron chi connectivity index (χ2n) is 7.32. The Morgan fingerprint density at radius 3 is 2.33 bits per heavy atom. The Morgan fingerprint density at radius 2 is 1.78 bits per heavy atom. The third kappa shape index (κ3) is 3.71. The van der Waals surface area contributed by atoms with Crippen LogP contribution in [0.4, 0.5) is 0 Å². The van der Waals surface area contributed by atoms with Crippen LogP contribution in [-0.2, 0) is 0 Å². The molecule has 1 saturated carbocycles. The molecule has 2 nitrogen and oxygen atoms in total. The summed E-state index contributed by atoms with van der Waals surface area (Å²) in [6, 6.07) is 0.543. The molecule has 0 bridgehead atoms. The summed E-state index contributed by atoms with van der Waals surface area (Å²) in [5.41, 5.74) is -0.474. The van der Waals surface area contributed by atoms with E-state index in [1.807, 2.05) is 0 Å². The first kappa shape index (κ1) is 14.3. The van der Waals surface area contributed by atoms with Crippen molar-refractivity contribution in [2.24, 2.45) is 17.8 Å². The second kappa shape index (κ2) is 5.92. The van der Waals surface area contributed by atoms with Crippen molar-refractivity contribution in [1.82, 2.24) is 5.32 Å². The van der Waals surface area contributed by atoms with Gasteiger partial charge in [-0.25, -0.2) is 0 Å². The summed E-state index contributed by atoms with van der Waals surface area (Å²) < 4.78 is 0. The smallest absolute Gasteiger partial charge is 0.0662 e. The largest absolute Gasteiger partial charge is 0.390 e. The first-order valence-electron chi connectivity index (χ1n) is 7.93. The lowest BCUT2D eigenvalue weighted by atomic mass is 9.68. The molecular weight excluding hydrogens is 222 g/mol. The Balaban J connectivity index is 1.91. The quantitative estimate of drug-likeness (QED) is 0.808. The van der Waals surface area contributed by atoms with Crippen LogP contribution < -0.4 is 5.32 Å². The molecule has 0 aromatic heterocycles. The number of nitrogens with one attached hydrogen (secondary N) is 1. The van der Waals surface area contributed by atoms with E-state index in [1.165, 1.54) is 38.5 Å². The summed E-state index contributed by atoms with van der Waals surface area (Å²) in [6.45, 7) is 7.91. The fourth-order valence-electron chi connectivity index (χ4n) is 4.22. The molecule has 1 heterocycles. The molecule has 2 rings (SSSR count). The molecule has 0 aromatic carbocycles. The van der Waals surface area contributed by atoms with Crippen LogP contribution in [0.3, 0.4) is 0 Å². The Bertz CT molecular complexity index is 248. The lowest BCUT2D eigenvalue weighted by Gasteiger charge is -2.42. The van der Waals surface area contributed by atoms with Crippen molar-refractivity contribution in [3.63, 3.8) is 0 Å². The maximum atomic E-state index is 10.9. The van der Waals surface area contributed by atoms with Gasteiger partial charge >= 0.3 is 0 Å². The van der Waals surface area contributed by atoms with E-state index in [0.29, 0.717) is 12.0 Å². The van der Waals surface area contributed by atoms with E-state index in [2.05, 4.69) is 26.1 Å². The molecule has 1 aliphatic heterocycles. The van der Waals surface area contributed by atoms with E-state index in [4.69, 9.17) is 0 Å². The third-order valence-electron chi connectivity index (χ3n) is 5.13. The van der Waals surface area contributed by atoms with Crippen molar-refractivity contribution >= 4 is 0 Å². The molecule has 0 radical (unpaired) electrons. The zero-order chi connectivity index (χ0) is 13.2. The van der Waals surface area contributed by atoms with Gasteiger partial charge < -0.3 is 10.4 Å². The van der Waals surface area contributed by atoms with Gasteiger partial charge in [-0.3, -0.25) is 0 Å². The van der Waals surface area contributed by atoms with Crippen LogP contribution in [0, 0.1) is 17.8 Å². The standard InChI is InChI=1S/C16H31NO/c1-12-8-13(2)10-14(9-12)16(3,18)11-15-6-4-5-7-17-15/h12-15,17-18H,4-11H2,1-3H3. The fourth-order valence-corrected chi connectivity index (χ4v) is 4.22. The zero-order valence-corrected chi connectivity index (χ0v) is 12.4. The number of piperidine rings is 1. The fraction of sp³-hybridized carbons (Fsp3) is 1.00. The average molecular weight is 253 g/mol. The van der Waals surface area contributed by atoms with E-state index < -0.39 is 5.60 Å². The topological polar surface area (TPSA) is 32.3 Å². The number of hydrogen-bond acceptors (Lipinski definition) is 2. The van der Waals surface area contributed by atoms with Gasteiger partial charge in [0, 0.05) is 6.04 Å². The number of hydrogen-bond donors (Lipinski definition) is 2. The molecule has 2 N–H and O–H groups in total. The van der Waals surface area contributed by atoms with E-state index >= 15 is 0 Å². The lowest BCUT2D eigenvalue weighted by molar-refractivity contribution is -0.0479. The Kier molecular flexibility index (Phi) is 4.71. The van der Waals surface area contributed by atoms with Crippen LogP contribution in [0.25, 0.3) is 0 Å². The maximum absolute atomic E-state index is 10.9. The first-order valence-corrected chi connectivity index (χ1v) is 7.93. The summed E-state index contributed by atoms with van der Waals surface area (Å²) >= 11 is 0. The molecule has 4 atom stereocenters. The minimum Gasteiger partial charge on any atom is -0.390 e. The van der Waals surface area contributed by atoms with Crippen molar-refractivity contribution in [3.8, 4) is 0 Å². The highest BCUT2D eigenvalue weighted by Gasteiger charge is 2.38. The summed E-state index contributed by atoms with van der Waals surface area (Å²) in [7, 11) is 0. The van der Waals surface area contributed by atoms with Crippen LogP contribution >= 0.6 is 0 Å². The van der Waals surface area contributed by atoms with E-state index in [1.54, 1.807) is 0 Å². The van der Waals surface area contributed by atoms with Crippen LogP contribution in [0.2, 0.25) is 0 Å². The zero-order valence-electron chi connectivity index (χ0n) is 12.4. The highest BCUT2D eigenvalue weighted by molar-refractivity contribution is 4.91. The van der Waals surface area contributed by atoms with Crippen molar-refractivity contribution in [2.45, 2.75) is 77.4 Å². The SMILES string of the molecule is CC1CC(C)CC(C(C)(O)CC2CCCCN2)C1. The van der Waals surface area contributed by atoms with Gasteiger partial charge in [-0.1, -0.05) is 20.3 Å². The van der Waals surface area contributed by atoms with Gasteiger partial charge in [0.1, 0.15) is 0 Å². The summed E-state index contributed by atoms with van der Waals surface area (Å²) in [4.78, 5) is 0. The van der Waals surface area contributed by atoms with Crippen LogP contribution in [-0.4, -0.2) is 23.3 Å². The third-order valence-corrected chi connectivity index (χ3v) is 5.13. The van der Waals surface area contributed by atoms with Gasteiger partial charge in [0.25, 0.3) is 0 Å². The first-order chi connectivity index (χ1) is 8.47. The predicted octanol–water partition coefficient (Wildman–Crippen LogP) is 3.34. The van der Waals surface area contributed by atoms with Gasteiger partial charge in [0.05, 0.1) is 5.60 Å². The monoisotopic (exact) mass is 253 g/mol. The van der Waals surface area contributed by atoms with Crippen molar-refractivity contribution in [3.05, 3.63) is 0 Å². The Hall–Kier alpha value is -0.0800. The highest BCUT2D eigenvalue weighted by Crippen LogP contribution is 2.40. The van der Waals surface area contributed by atoms with Crippen LogP contribution in [0.1, 0.15) is 65.7 Å². The minimum atomic E-state index is -0.474. The van der Waals surface area contributed by atoms with E-state index in [9.17, 15) is 5.11 Å². The highest BCUT2D eigenvalue weighted by atomic mass is 16.3. The molecule has 18 heavy (non-hydrogen) atoms. The van der Waals surface area contributed by atoms with Crippen molar-refractivity contribution < 1.29 is 5.11 Å². The van der Waals surface area contributed by atoms with Gasteiger partial charge in [-0.05, 0) is 69.7 Å². The second-order valence-corrected chi connectivity index (χ2v) is 7.32. The molecular formula is C16H31NO. The molecule has 0 spiro atoms. The molecule has 2 heteroatoms. The van der Waals surface area contributed by atoms with Gasteiger partial charge in [0.2, 0.25) is 0 Å². The molecule has 106 valence electrons. The molecule has 0 aromatic rings. The normalized spacial score (nSPS) is 41.3. The minimum absolute atomic E-state index is 0.474. The average Bonchev–Trinajstić information content (AvgIpc) is 2.28. The van der Waals surface area contributed by atoms with Crippen molar-refractivity contribution in [2.75, 3.05) is 6.54 Å². The van der Waals surface area contributed by atoms with E-state index in [-0.39, 0.29) is 0 Å². The lowest BCUT2D eigenvalue weighted by Crippen LogP contribution is -2.46. The van der Waals surface area contributed by atoms with Gasteiger partial charge in [-0.2, -0.15) is 0 Å². The number of aliphatic hydroxyl groups is 1. The van der Waals surface area contributed by atoms with E-state index in [0.717, 1.165) is 24.8 Å². The molecule has 1 aliphatic carbocycles. The maximum Gasteiger partial charge on any atom is 0.0662 e. The van der Waals surface area contributed by atoms with Crippen molar-refractivity contribution in [1.29, 1.82) is 0 Å². The van der Waals surface area contributed by atoms with Gasteiger partial charge in [-0.15, -0.1) is 0 Å². The summed E-state index contributed by atoms with van der Waals surface area (Å²) in [6.07, 6.45) is 8.58. The number of rotatable bonds is 3. The Morgan fingerprint density at radius 1 is 1.11 bits per heavy atom. The molecule has 1 saturated heterocycles. The van der Waals surface area contributed by atoms with Crippen LogP contribution in [0.15, 0.2) is 0 Å². The molecule has 4 unspecified atom stereocenters. The molecule has 0 amide bonds. The molecule has 2 aliphatic rings. The van der Waals surface area contributed by atoms with Crippen LogP contribution in [0.5, 0.6) is 0 Å². The Labute approximate surface area is 113 Å². The summed E-state index contributed by atoms with van der Waals surface area (Å²) in [5.74, 6) is 2.06. The van der Waals surface area contributed by atoms with Gasteiger partial charge in [0.15, 0.2) is 0 Å².